The van der Waals surface area contributed by atoms with Crippen LogP contribution in [0.15, 0.2) is 23.1 Å². The van der Waals surface area contributed by atoms with Gasteiger partial charge in [-0.05, 0) is 55.7 Å². The van der Waals surface area contributed by atoms with Gasteiger partial charge in [0.25, 0.3) is 0 Å². The molecule has 0 bridgehead atoms. The van der Waals surface area contributed by atoms with Crippen LogP contribution in [0.4, 0.5) is 0 Å². The Balaban J connectivity index is 1.81. The molecule has 0 atom stereocenters. The number of aryl methyl sites for hydroxylation is 1. The number of halogens is 1. The molecule has 0 saturated carbocycles. The molecule has 5 heteroatoms. The van der Waals surface area contributed by atoms with Gasteiger partial charge in [-0.15, -0.1) is 11.8 Å². The van der Waals surface area contributed by atoms with Crippen molar-refractivity contribution in [1.29, 1.82) is 0 Å². The first-order chi connectivity index (χ1) is 12.0. The minimum absolute atomic E-state index is 0.106. The van der Waals surface area contributed by atoms with E-state index in [0.717, 1.165) is 36.7 Å². The van der Waals surface area contributed by atoms with Crippen molar-refractivity contribution < 1.29 is 4.79 Å². The van der Waals surface area contributed by atoms with E-state index >= 15 is 0 Å². The first-order valence-corrected chi connectivity index (χ1v) is 10.4. The lowest BCUT2D eigenvalue weighted by Gasteiger charge is -2.20. The standard InChI is InChI=1S/C20H25ClN2OS/c1-13(2)9-10-22-19(24)12-25-20-15-5-3-4-6-17(15)23-18-11-14(21)7-8-16(18)20/h7-8,11,13H,3-6,9-10,12H2,1-2H3,(H,22,24). The highest BCUT2D eigenvalue weighted by atomic mass is 35.5. The first-order valence-electron chi connectivity index (χ1n) is 9.05. The van der Waals surface area contributed by atoms with E-state index in [1.807, 2.05) is 18.2 Å². The molecule has 3 rings (SSSR count). The molecule has 0 saturated heterocycles. The fourth-order valence-electron chi connectivity index (χ4n) is 3.21. The summed E-state index contributed by atoms with van der Waals surface area (Å²) in [5.41, 5.74) is 3.46. The number of hydrogen-bond acceptors (Lipinski definition) is 3. The molecule has 0 unspecified atom stereocenters. The van der Waals surface area contributed by atoms with E-state index in [9.17, 15) is 4.79 Å². The fraction of sp³-hybridized carbons (Fsp3) is 0.500. The highest BCUT2D eigenvalue weighted by Gasteiger charge is 2.19. The summed E-state index contributed by atoms with van der Waals surface area (Å²) in [5.74, 6) is 1.16. The zero-order chi connectivity index (χ0) is 17.8. The number of carbonyl (C=O) groups excluding carboxylic acids is 1. The number of rotatable bonds is 6. The zero-order valence-electron chi connectivity index (χ0n) is 14.9. The van der Waals surface area contributed by atoms with Crippen molar-refractivity contribution in [3.8, 4) is 0 Å². The van der Waals surface area contributed by atoms with E-state index in [0.29, 0.717) is 16.7 Å². The number of nitrogens with zero attached hydrogens (tertiary/aromatic N) is 1. The molecule has 1 amide bonds. The number of pyridine rings is 1. The van der Waals surface area contributed by atoms with Gasteiger partial charge in [-0.3, -0.25) is 9.78 Å². The Labute approximate surface area is 158 Å². The van der Waals surface area contributed by atoms with Crippen LogP contribution in [0.25, 0.3) is 10.9 Å². The third-order valence-corrected chi connectivity index (χ3v) is 5.96. The predicted molar refractivity (Wildman–Crippen MR) is 107 cm³/mol. The van der Waals surface area contributed by atoms with Crippen molar-refractivity contribution in [1.82, 2.24) is 10.3 Å². The minimum atomic E-state index is 0.106. The van der Waals surface area contributed by atoms with Crippen molar-refractivity contribution in [2.45, 2.75) is 50.8 Å². The number of hydrogen-bond donors (Lipinski definition) is 1. The van der Waals surface area contributed by atoms with E-state index in [4.69, 9.17) is 16.6 Å². The van der Waals surface area contributed by atoms with Gasteiger partial charge < -0.3 is 5.32 Å². The normalized spacial score (nSPS) is 13.9. The van der Waals surface area contributed by atoms with Crippen LogP contribution in [0.2, 0.25) is 5.02 Å². The van der Waals surface area contributed by atoms with Crippen LogP contribution in [0, 0.1) is 5.92 Å². The summed E-state index contributed by atoms with van der Waals surface area (Å²) in [5, 5.41) is 4.85. The van der Waals surface area contributed by atoms with Crippen molar-refractivity contribution >= 4 is 40.2 Å². The van der Waals surface area contributed by atoms with Crippen molar-refractivity contribution in [2.75, 3.05) is 12.3 Å². The number of thioether (sulfide) groups is 1. The van der Waals surface area contributed by atoms with Crippen LogP contribution < -0.4 is 5.32 Å². The van der Waals surface area contributed by atoms with Crippen LogP contribution in [0.1, 0.15) is 44.4 Å². The monoisotopic (exact) mass is 376 g/mol. The van der Waals surface area contributed by atoms with Gasteiger partial charge >= 0.3 is 0 Å². The second-order valence-corrected chi connectivity index (χ2v) is 8.48. The first kappa shape index (κ1) is 18.5. The maximum atomic E-state index is 12.2. The third kappa shape index (κ3) is 4.68. The Bertz CT molecular complexity index is 776. The summed E-state index contributed by atoms with van der Waals surface area (Å²) >= 11 is 7.80. The Morgan fingerprint density at radius 2 is 2.12 bits per heavy atom. The molecular formula is C20H25ClN2OS. The van der Waals surface area contributed by atoms with E-state index in [1.165, 1.54) is 29.0 Å². The third-order valence-electron chi connectivity index (χ3n) is 4.56. The summed E-state index contributed by atoms with van der Waals surface area (Å²) < 4.78 is 0. The molecule has 1 aliphatic rings. The molecule has 1 heterocycles. The van der Waals surface area contributed by atoms with Crippen LogP contribution >= 0.6 is 23.4 Å². The minimum Gasteiger partial charge on any atom is -0.355 e. The maximum Gasteiger partial charge on any atom is 0.230 e. The maximum absolute atomic E-state index is 12.2. The number of aromatic nitrogens is 1. The Hall–Kier alpha value is -1.26. The molecule has 134 valence electrons. The lowest BCUT2D eigenvalue weighted by atomic mass is 9.94. The Morgan fingerprint density at radius 1 is 1.32 bits per heavy atom. The highest BCUT2D eigenvalue weighted by molar-refractivity contribution is 8.00. The molecule has 1 N–H and O–H groups in total. The smallest absolute Gasteiger partial charge is 0.230 e. The fourth-order valence-corrected chi connectivity index (χ4v) is 4.47. The lowest BCUT2D eigenvalue weighted by molar-refractivity contribution is -0.118. The van der Waals surface area contributed by atoms with Crippen LogP contribution in [0.3, 0.4) is 0 Å². The average Bonchev–Trinajstić information content (AvgIpc) is 2.58. The van der Waals surface area contributed by atoms with Crippen LogP contribution in [-0.2, 0) is 17.6 Å². The molecule has 25 heavy (non-hydrogen) atoms. The number of nitrogens with one attached hydrogen (secondary N) is 1. The van der Waals surface area contributed by atoms with Gasteiger partial charge in [-0.2, -0.15) is 0 Å². The van der Waals surface area contributed by atoms with E-state index in [2.05, 4.69) is 19.2 Å². The quantitative estimate of drug-likeness (QED) is 0.719. The molecule has 1 aromatic carbocycles. The van der Waals surface area contributed by atoms with Gasteiger partial charge in [0.1, 0.15) is 0 Å². The number of fused-ring (bicyclic) bond motifs is 2. The Morgan fingerprint density at radius 3 is 2.92 bits per heavy atom. The summed E-state index contributed by atoms with van der Waals surface area (Å²) in [4.78, 5) is 18.2. The number of benzene rings is 1. The topological polar surface area (TPSA) is 42.0 Å². The molecule has 0 radical (unpaired) electrons. The SMILES string of the molecule is CC(C)CCNC(=O)CSc1c2c(nc3cc(Cl)ccc13)CCCC2. The van der Waals surface area contributed by atoms with Crippen molar-refractivity contribution in [2.24, 2.45) is 5.92 Å². The highest BCUT2D eigenvalue weighted by Crippen LogP contribution is 2.36. The van der Waals surface area contributed by atoms with Gasteiger partial charge in [0.2, 0.25) is 5.91 Å². The van der Waals surface area contributed by atoms with Gasteiger partial charge in [0.15, 0.2) is 0 Å². The predicted octanol–water partition coefficient (Wildman–Crippen LogP) is 5.02. The van der Waals surface area contributed by atoms with Gasteiger partial charge in [-0.25, -0.2) is 0 Å². The van der Waals surface area contributed by atoms with Crippen LogP contribution in [-0.4, -0.2) is 23.2 Å². The molecule has 1 aromatic heterocycles. The number of carbonyl (C=O) groups is 1. The molecule has 1 aliphatic carbocycles. The Kier molecular flexibility index (Phi) is 6.24. The molecule has 0 aliphatic heterocycles. The summed E-state index contributed by atoms with van der Waals surface area (Å²) in [7, 11) is 0. The largest absolute Gasteiger partial charge is 0.355 e. The summed E-state index contributed by atoms with van der Waals surface area (Å²) in [6.45, 7) is 5.09. The van der Waals surface area contributed by atoms with Gasteiger partial charge in [0.05, 0.1) is 11.3 Å². The second-order valence-electron chi connectivity index (χ2n) is 7.06. The zero-order valence-corrected chi connectivity index (χ0v) is 16.5. The molecule has 2 aromatic rings. The molecular weight excluding hydrogens is 352 g/mol. The molecule has 3 nitrogen and oxygen atoms in total. The second kappa shape index (κ2) is 8.41. The lowest BCUT2D eigenvalue weighted by Crippen LogP contribution is -2.27. The van der Waals surface area contributed by atoms with Crippen LogP contribution in [0.5, 0.6) is 0 Å². The number of amides is 1. The average molecular weight is 377 g/mol. The van der Waals surface area contributed by atoms with Crippen molar-refractivity contribution in [3.05, 3.63) is 34.5 Å². The van der Waals surface area contributed by atoms with E-state index in [-0.39, 0.29) is 5.91 Å². The molecule has 0 spiro atoms. The van der Waals surface area contributed by atoms with Crippen molar-refractivity contribution in [3.63, 3.8) is 0 Å². The molecule has 0 fully saturated rings. The summed E-state index contributed by atoms with van der Waals surface area (Å²) in [6, 6.07) is 5.88. The van der Waals surface area contributed by atoms with E-state index in [1.54, 1.807) is 11.8 Å². The summed E-state index contributed by atoms with van der Waals surface area (Å²) in [6.07, 6.45) is 5.47. The van der Waals surface area contributed by atoms with E-state index < -0.39 is 0 Å². The van der Waals surface area contributed by atoms with Gasteiger partial charge in [0, 0.05) is 27.5 Å². The van der Waals surface area contributed by atoms with Gasteiger partial charge in [-0.1, -0.05) is 31.5 Å².